The zero-order valence-corrected chi connectivity index (χ0v) is 22.5. The molecule has 0 aliphatic carbocycles. The summed E-state index contributed by atoms with van der Waals surface area (Å²) in [5.74, 6) is -0.711. The van der Waals surface area contributed by atoms with Crippen LogP contribution in [0.3, 0.4) is 0 Å². The summed E-state index contributed by atoms with van der Waals surface area (Å²) < 4.78 is 79.1. The van der Waals surface area contributed by atoms with Crippen LogP contribution >= 0.6 is 0 Å². The third-order valence-corrected chi connectivity index (χ3v) is 7.12. The number of aromatic nitrogens is 1. The highest BCUT2D eigenvalue weighted by molar-refractivity contribution is 6.01. The van der Waals surface area contributed by atoms with Gasteiger partial charge in [0, 0.05) is 31.4 Å². The summed E-state index contributed by atoms with van der Waals surface area (Å²) in [6, 6.07) is 9.49. The Morgan fingerprint density at radius 1 is 0.976 bits per heavy atom. The molecule has 0 atom stereocenters. The number of piperazine rings is 1. The molecule has 1 aromatic heterocycles. The zero-order chi connectivity index (χ0) is 31.0. The minimum Gasteiger partial charge on any atom is -0.626 e. The van der Waals surface area contributed by atoms with Crippen LogP contribution in [0.4, 0.5) is 37.0 Å². The second-order valence-electron chi connectivity index (χ2n) is 10.1. The first-order valence-corrected chi connectivity index (χ1v) is 12.7. The smallest absolute Gasteiger partial charge is 0.416 e. The number of hydrogen-bond donors (Lipinski definition) is 1. The summed E-state index contributed by atoms with van der Waals surface area (Å²) in [7, 11) is 1.23. The van der Waals surface area contributed by atoms with Gasteiger partial charge in [-0.3, -0.25) is 9.69 Å². The Hall–Kier alpha value is -4.17. The fraction of sp³-hybridized carbons (Fsp3) is 0.321. The Morgan fingerprint density at radius 3 is 2.07 bits per heavy atom. The standard InChI is InChI=1S/C28H26F6N4O4/c1-17-5-3-4-6-21(17)22-14-24(38(42)9-7-37(8-10-38)26(40)41)35-15-23(22)25(39)36(2)16-18-11-19(27(29,30)31)13-20(12-18)28(32,33)34/h3-6,11-15H,7-10,16H2,1-2H3,(H,40,41). The normalized spacial score (nSPS) is 15.4. The van der Waals surface area contributed by atoms with Gasteiger partial charge in [-0.2, -0.15) is 26.3 Å². The van der Waals surface area contributed by atoms with E-state index in [2.05, 4.69) is 4.98 Å². The molecule has 0 unspecified atom stereocenters. The van der Waals surface area contributed by atoms with Crippen molar-refractivity contribution in [3.8, 4) is 11.1 Å². The Bertz CT molecular complexity index is 1470. The molecule has 0 bridgehead atoms. The summed E-state index contributed by atoms with van der Waals surface area (Å²) >= 11 is 0. The van der Waals surface area contributed by atoms with Crippen LogP contribution < -0.4 is 4.65 Å². The molecule has 8 nitrogen and oxygen atoms in total. The molecule has 14 heteroatoms. The number of carbonyl (C=O) groups is 2. The molecule has 0 radical (unpaired) electrons. The molecule has 1 fully saturated rings. The van der Waals surface area contributed by atoms with Crippen LogP contribution in [0.25, 0.3) is 11.1 Å². The topological polar surface area (TPSA) is 96.8 Å². The number of carboxylic acid groups (broad SMARTS) is 1. The largest absolute Gasteiger partial charge is 0.626 e. The van der Waals surface area contributed by atoms with E-state index in [-0.39, 0.29) is 49.2 Å². The maximum Gasteiger partial charge on any atom is 0.416 e. The number of pyridine rings is 1. The summed E-state index contributed by atoms with van der Waals surface area (Å²) in [5.41, 5.74) is -1.80. The third kappa shape index (κ3) is 6.49. The van der Waals surface area contributed by atoms with Gasteiger partial charge in [-0.1, -0.05) is 24.3 Å². The van der Waals surface area contributed by atoms with Crippen molar-refractivity contribution in [3.63, 3.8) is 0 Å². The van der Waals surface area contributed by atoms with Crippen LogP contribution in [-0.4, -0.2) is 65.1 Å². The number of amides is 2. The number of benzene rings is 2. The van der Waals surface area contributed by atoms with Crippen molar-refractivity contribution in [2.24, 2.45) is 0 Å². The fourth-order valence-corrected chi connectivity index (χ4v) is 4.81. The van der Waals surface area contributed by atoms with E-state index in [1.54, 1.807) is 31.2 Å². The maximum absolute atomic E-state index is 13.6. The number of hydrogen-bond acceptors (Lipinski definition) is 4. The lowest BCUT2D eigenvalue weighted by atomic mass is 9.96. The molecular formula is C28H26F6N4O4. The lowest BCUT2D eigenvalue weighted by molar-refractivity contribution is -0.143. The van der Waals surface area contributed by atoms with E-state index >= 15 is 0 Å². The second-order valence-corrected chi connectivity index (χ2v) is 10.1. The van der Waals surface area contributed by atoms with Crippen LogP contribution in [-0.2, 0) is 18.9 Å². The molecule has 1 N–H and O–H groups in total. The van der Waals surface area contributed by atoms with E-state index in [4.69, 9.17) is 0 Å². The highest BCUT2D eigenvalue weighted by atomic mass is 19.4. The first kappa shape index (κ1) is 30.8. The Balaban J connectivity index is 1.72. The number of hydroxylamine groups is 2. The monoisotopic (exact) mass is 596 g/mol. The molecule has 1 aliphatic rings. The number of halogens is 6. The van der Waals surface area contributed by atoms with Gasteiger partial charge in [-0.05, 0) is 41.8 Å². The van der Waals surface area contributed by atoms with Gasteiger partial charge in [0.1, 0.15) is 13.1 Å². The third-order valence-electron chi connectivity index (χ3n) is 7.12. The van der Waals surface area contributed by atoms with Gasteiger partial charge in [-0.15, -0.1) is 0 Å². The molecule has 1 aliphatic heterocycles. The van der Waals surface area contributed by atoms with Crippen molar-refractivity contribution in [2.45, 2.75) is 25.8 Å². The van der Waals surface area contributed by atoms with Gasteiger partial charge in [0.25, 0.3) is 5.91 Å². The van der Waals surface area contributed by atoms with Gasteiger partial charge < -0.3 is 19.9 Å². The van der Waals surface area contributed by atoms with Crippen LogP contribution in [0, 0.1) is 12.1 Å². The van der Waals surface area contributed by atoms with Crippen molar-refractivity contribution in [1.82, 2.24) is 19.4 Å². The van der Waals surface area contributed by atoms with Crippen LogP contribution in [0.15, 0.2) is 54.7 Å². The average molecular weight is 597 g/mol. The van der Waals surface area contributed by atoms with Crippen molar-refractivity contribution >= 4 is 17.8 Å². The molecule has 0 spiro atoms. The first-order valence-electron chi connectivity index (χ1n) is 12.7. The molecule has 2 aromatic carbocycles. The van der Waals surface area contributed by atoms with Gasteiger partial charge in [-0.25, -0.2) is 9.78 Å². The van der Waals surface area contributed by atoms with Crippen molar-refractivity contribution < 1.29 is 41.0 Å². The van der Waals surface area contributed by atoms with E-state index in [1.807, 2.05) is 0 Å². The van der Waals surface area contributed by atoms with E-state index in [9.17, 15) is 46.2 Å². The van der Waals surface area contributed by atoms with Crippen LogP contribution in [0.2, 0.25) is 0 Å². The van der Waals surface area contributed by atoms with Crippen molar-refractivity contribution in [1.29, 1.82) is 0 Å². The lowest BCUT2D eigenvalue weighted by Gasteiger charge is -2.46. The molecule has 42 heavy (non-hydrogen) atoms. The molecular weight excluding hydrogens is 570 g/mol. The molecule has 1 saturated heterocycles. The predicted octanol–water partition coefficient (Wildman–Crippen LogP) is 6.17. The Kier molecular flexibility index (Phi) is 8.24. The number of aryl methyl sites for hydroxylation is 1. The van der Waals surface area contributed by atoms with Gasteiger partial charge in [0.05, 0.1) is 29.8 Å². The fourth-order valence-electron chi connectivity index (χ4n) is 4.81. The molecule has 4 rings (SSSR count). The number of carbonyl (C=O) groups excluding carboxylic acids is 1. The molecule has 3 aromatic rings. The minimum atomic E-state index is -5.04. The highest BCUT2D eigenvalue weighted by Crippen LogP contribution is 2.37. The predicted molar refractivity (Wildman–Crippen MR) is 141 cm³/mol. The summed E-state index contributed by atoms with van der Waals surface area (Å²) in [5, 5.41) is 22.8. The van der Waals surface area contributed by atoms with E-state index < -0.39 is 46.7 Å². The van der Waals surface area contributed by atoms with Gasteiger partial charge >= 0.3 is 18.4 Å². The highest BCUT2D eigenvalue weighted by Gasteiger charge is 2.37. The molecule has 224 valence electrons. The Labute approximate surface area is 236 Å². The number of alkyl halides is 6. The minimum absolute atomic E-state index is 0.0161. The number of nitrogens with zero attached hydrogens (tertiary/aromatic N) is 4. The summed E-state index contributed by atoms with van der Waals surface area (Å²) in [6.45, 7) is 0.907. The summed E-state index contributed by atoms with van der Waals surface area (Å²) in [4.78, 5) is 31.2. The SMILES string of the molecule is Cc1ccccc1-c1cc([N+]2([O-])CCN(C(=O)O)CC2)ncc1C(=O)N(C)Cc1cc(C(F)(F)F)cc(C(F)(F)F)c1. The van der Waals surface area contributed by atoms with Gasteiger partial charge in [0.15, 0.2) is 0 Å². The van der Waals surface area contributed by atoms with Crippen molar-refractivity contribution in [2.75, 3.05) is 33.2 Å². The number of rotatable bonds is 5. The van der Waals surface area contributed by atoms with E-state index in [1.165, 1.54) is 13.1 Å². The van der Waals surface area contributed by atoms with Gasteiger partial charge in [0.2, 0.25) is 5.82 Å². The summed E-state index contributed by atoms with van der Waals surface area (Å²) in [6.07, 6.45) is -10.1. The number of quaternary nitrogens is 1. The quantitative estimate of drug-likeness (QED) is 0.216. The maximum atomic E-state index is 13.6. The molecule has 2 heterocycles. The lowest BCUT2D eigenvalue weighted by Crippen LogP contribution is -2.58. The zero-order valence-electron chi connectivity index (χ0n) is 22.5. The molecule has 0 saturated carbocycles. The average Bonchev–Trinajstić information content (AvgIpc) is 2.91. The van der Waals surface area contributed by atoms with E-state index in [0.29, 0.717) is 23.3 Å². The van der Waals surface area contributed by atoms with Crippen molar-refractivity contribution in [3.05, 3.63) is 87.8 Å². The first-order chi connectivity index (χ1) is 19.5. The Morgan fingerprint density at radius 2 is 1.55 bits per heavy atom. The van der Waals surface area contributed by atoms with Crippen LogP contribution in [0.5, 0.6) is 0 Å². The molecule has 2 amide bonds. The second kappa shape index (κ2) is 11.2. The van der Waals surface area contributed by atoms with Crippen LogP contribution in [0.1, 0.15) is 32.6 Å². The van der Waals surface area contributed by atoms with E-state index in [0.717, 1.165) is 21.6 Å².